The van der Waals surface area contributed by atoms with Crippen LogP contribution in [0.4, 0.5) is 0 Å². The molecule has 0 aromatic heterocycles. The van der Waals surface area contributed by atoms with E-state index in [-0.39, 0.29) is 36.7 Å². The average Bonchev–Trinajstić information content (AvgIpc) is 2.00. The summed E-state index contributed by atoms with van der Waals surface area (Å²) in [7, 11) is 0. The molecule has 84 valence electrons. The van der Waals surface area contributed by atoms with Crippen LogP contribution in [0.2, 0.25) is 0 Å². The molecule has 0 radical (unpaired) electrons. The van der Waals surface area contributed by atoms with Crippen molar-refractivity contribution in [2.75, 3.05) is 0 Å². The molecule has 15 heavy (non-hydrogen) atoms. The third kappa shape index (κ3) is 8.95. The van der Waals surface area contributed by atoms with Crippen molar-refractivity contribution in [2.24, 2.45) is 0 Å². The van der Waals surface area contributed by atoms with Crippen molar-refractivity contribution in [1.29, 1.82) is 0 Å². The molecule has 0 aliphatic carbocycles. The standard InChI is InChI=1S/C8H10O6S/c1-5(9)3-7(11)13-15-14-8(12)4-6(2)10/h3-4H2,1-2H3. The van der Waals surface area contributed by atoms with Crippen LogP contribution in [-0.2, 0) is 27.5 Å². The first kappa shape index (κ1) is 13.6. The third-order valence-electron chi connectivity index (χ3n) is 1.04. The zero-order chi connectivity index (χ0) is 11.8. The summed E-state index contributed by atoms with van der Waals surface area (Å²) in [5.74, 6) is -2.31. The summed E-state index contributed by atoms with van der Waals surface area (Å²) in [6.45, 7) is 2.46. The minimum atomic E-state index is -0.803. The van der Waals surface area contributed by atoms with Crippen molar-refractivity contribution in [1.82, 2.24) is 0 Å². The van der Waals surface area contributed by atoms with Crippen LogP contribution in [0.3, 0.4) is 0 Å². The van der Waals surface area contributed by atoms with E-state index in [1.165, 1.54) is 13.8 Å². The predicted octanol–water partition coefficient (Wildman–Crippen LogP) is 0.594. The zero-order valence-corrected chi connectivity index (χ0v) is 9.09. The van der Waals surface area contributed by atoms with E-state index >= 15 is 0 Å². The summed E-state index contributed by atoms with van der Waals surface area (Å²) in [5, 5.41) is 0. The van der Waals surface area contributed by atoms with E-state index in [9.17, 15) is 19.2 Å². The van der Waals surface area contributed by atoms with Gasteiger partial charge in [-0.05, 0) is 13.8 Å². The Bertz CT molecular complexity index is 257. The van der Waals surface area contributed by atoms with Gasteiger partial charge in [0, 0.05) is 0 Å². The monoisotopic (exact) mass is 234 g/mol. The Hall–Kier alpha value is -1.37. The topological polar surface area (TPSA) is 86.7 Å². The van der Waals surface area contributed by atoms with Crippen LogP contribution >= 0.6 is 12.3 Å². The minimum absolute atomic E-state index is 0.150. The molecular formula is C8H10O6S. The number of rotatable bonds is 6. The molecule has 0 atom stereocenters. The van der Waals surface area contributed by atoms with E-state index in [0.29, 0.717) is 0 Å². The molecule has 0 rings (SSSR count). The second kappa shape index (κ2) is 6.99. The summed E-state index contributed by atoms with van der Waals surface area (Å²) >= 11 is 0.150. The number of ketones is 2. The van der Waals surface area contributed by atoms with Gasteiger partial charge >= 0.3 is 11.9 Å². The second-order valence-electron chi connectivity index (χ2n) is 2.74. The van der Waals surface area contributed by atoms with Crippen LogP contribution in [0, 0.1) is 0 Å². The van der Waals surface area contributed by atoms with Gasteiger partial charge in [0.05, 0.1) is 0 Å². The largest absolute Gasteiger partial charge is 0.354 e. The highest BCUT2D eigenvalue weighted by Crippen LogP contribution is 2.08. The van der Waals surface area contributed by atoms with Crippen LogP contribution < -0.4 is 0 Å². The molecular weight excluding hydrogens is 224 g/mol. The van der Waals surface area contributed by atoms with Gasteiger partial charge in [-0.1, -0.05) is 0 Å². The van der Waals surface area contributed by atoms with Gasteiger partial charge in [-0.25, -0.2) is 0 Å². The Morgan fingerprint density at radius 2 is 1.20 bits per heavy atom. The molecule has 0 spiro atoms. The van der Waals surface area contributed by atoms with Crippen molar-refractivity contribution < 1.29 is 27.5 Å². The predicted molar refractivity (Wildman–Crippen MR) is 50.4 cm³/mol. The molecule has 0 aliphatic heterocycles. The van der Waals surface area contributed by atoms with Gasteiger partial charge in [0.15, 0.2) is 0 Å². The average molecular weight is 234 g/mol. The fourth-order valence-electron chi connectivity index (χ4n) is 0.558. The van der Waals surface area contributed by atoms with E-state index < -0.39 is 11.9 Å². The van der Waals surface area contributed by atoms with Crippen LogP contribution in [0.15, 0.2) is 0 Å². The SMILES string of the molecule is CC(=O)CC(=O)OSOC(=O)CC(C)=O. The molecule has 0 amide bonds. The third-order valence-corrected chi connectivity index (χ3v) is 1.55. The summed E-state index contributed by atoms with van der Waals surface area (Å²) in [6.07, 6.45) is -0.755. The molecule has 7 heteroatoms. The maximum absolute atomic E-state index is 10.7. The Labute approximate surface area is 90.7 Å². The van der Waals surface area contributed by atoms with Gasteiger partial charge in [0.2, 0.25) is 0 Å². The maximum atomic E-state index is 10.7. The Morgan fingerprint density at radius 1 is 0.867 bits per heavy atom. The highest BCUT2D eigenvalue weighted by atomic mass is 32.2. The van der Waals surface area contributed by atoms with Crippen LogP contribution in [0.5, 0.6) is 0 Å². The second-order valence-corrected chi connectivity index (χ2v) is 3.21. The molecule has 0 unspecified atom stereocenters. The summed E-state index contributed by atoms with van der Waals surface area (Å²) in [5.41, 5.74) is 0. The Kier molecular flexibility index (Phi) is 6.35. The summed E-state index contributed by atoms with van der Waals surface area (Å²) < 4.78 is 8.62. The fourth-order valence-corrected chi connectivity index (χ4v) is 0.862. The van der Waals surface area contributed by atoms with Crippen LogP contribution in [-0.4, -0.2) is 23.5 Å². The lowest BCUT2D eigenvalue weighted by molar-refractivity contribution is -0.138. The van der Waals surface area contributed by atoms with Crippen molar-refractivity contribution in [3.8, 4) is 0 Å². The zero-order valence-electron chi connectivity index (χ0n) is 8.27. The van der Waals surface area contributed by atoms with Gasteiger partial charge in [-0.2, -0.15) is 0 Å². The summed E-state index contributed by atoms with van der Waals surface area (Å²) in [4.78, 5) is 42.3. The van der Waals surface area contributed by atoms with Gasteiger partial charge in [0.25, 0.3) is 12.3 Å². The molecule has 0 N–H and O–H groups in total. The summed E-state index contributed by atoms with van der Waals surface area (Å²) in [6, 6.07) is 0. The molecule has 0 heterocycles. The molecule has 0 aromatic rings. The molecule has 6 nitrogen and oxygen atoms in total. The molecule has 0 aliphatic rings. The normalized spacial score (nSPS) is 9.20. The lowest BCUT2D eigenvalue weighted by Crippen LogP contribution is -2.08. The Balaban J connectivity index is 3.61. The Morgan fingerprint density at radius 3 is 1.47 bits per heavy atom. The molecule has 0 saturated carbocycles. The van der Waals surface area contributed by atoms with Gasteiger partial charge < -0.3 is 8.37 Å². The van der Waals surface area contributed by atoms with E-state index in [1.54, 1.807) is 0 Å². The number of hydrogen-bond acceptors (Lipinski definition) is 7. The number of carbonyl (C=O) groups is 4. The fraction of sp³-hybridized carbons (Fsp3) is 0.500. The number of carbonyl (C=O) groups excluding carboxylic acids is 4. The molecule has 0 bridgehead atoms. The smallest absolute Gasteiger partial charge is 0.328 e. The van der Waals surface area contributed by atoms with E-state index in [0.717, 1.165) is 0 Å². The van der Waals surface area contributed by atoms with E-state index in [2.05, 4.69) is 8.37 Å². The number of Topliss-reactive ketones (excluding diaryl/α,β-unsaturated/α-hetero) is 2. The lowest BCUT2D eigenvalue weighted by atomic mass is 10.3. The first-order chi connectivity index (χ1) is 6.91. The van der Waals surface area contributed by atoms with Crippen LogP contribution in [0.1, 0.15) is 26.7 Å². The van der Waals surface area contributed by atoms with Crippen molar-refractivity contribution in [2.45, 2.75) is 26.7 Å². The van der Waals surface area contributed by atoms with Crippen molar-refractivity contribution in [3.63, 3.8) is 0 Å². The van der Waals surface area contributed by atoms with Gasteiger partial charge in [-0.15, -0.1) is 0 Å². The first-order valence-corrected chi connectivity index (χ1v) is 4.64. The van der Waals surface area contributed by atoms with E-state index in [1.807, 2.05) is 0 Å². The molecule has 0 aromatic carbocycles. The highest BCUT2D eigenvalue weighted by molar-refractivity contribution is 7.90. The number of hydrogen-bond donors (Lipinski definition) is 0. The van der Waals surface area contributed by atoms with Crippen molar-refractivity contribution >= 4 is 35.8 Å². The molecule has 0 saturated heterocycles. The maximum Gasteiger partial charge on any atom is 0.328 e. The van der Waals surface area contributed by atoms with Crippen molar-refractivity contribution in [3.05, 3.63) is 0 Å². The van der Waals surface area contributed by atoms with Crippen LogP contribution in [0.25, 0.3) is 0 Å². The molecule has 0 fully saturated rings. The first-order valence-electron chi connectivity index (χ1n) is 3.97. The minimum Gasteiger partial charge on any atom is -0.354 e. The quantitative estimate of drug-likeness (QED) is 0.491. The lowest BCUT2D eigenvalue weighted by Gasteiger charge is -1.99. The van der Waals surface area contributed by atoms with E-state index in [4.69, 9.17) is 0 Å². The van der Waals surface area contributed by atoms with Gasteiger partial charge in [0.1, 0.15) is 24.4 Å². The van der Waals surface area contributed by atoms with Gasteiger partial charge in [-0.3, -0.25) is 19.2 Å². The highest BCUT2D eigenvalue weighted by Gasteiger charge is 2.11.